The monoisotopic (exact) mass is 307 g/mol. The van der Waals surface area contributed by atoms with Crippen LogP contribution in [0.15, 0.2) is 25.3 Å². The Hall–Kier alpha value is -2.07. The van der Waals surface area contributed by atoms with Crippen LogP contribution in [-0.2, 0) is 4.74 Å². The lowest BCUT2D eigenvalue weighted by Crippen LogP contribution is -2.33. The quantitative estimate of drug-likeness (QED) is 0.520. The Balaban J connectivity index is 1.97. The van der Waals surface area contributed by atoms with Gasteiger partial charge in [0.1, 0.15) is 24.6 Å². The van der Waals surface area contributed by atoms with Crippen LogP contribution < -0.4 is 5.32 Å². The van der Waals surface area contributed by atoms with Crippen molar-refractivity contribution >= 4 is 17.0 Å². The van der Waals surface area contributed by atoms with Crippen molar-refractivity contribution in [3.8, 4) is 0 Å². The largest absolute Gasteiger partial charge is 0.394 e. The van der Waals surface area contributed by atoms with Crippen LogP contribution in [0.3, 0.4) is 0 Å². The van der Waals surface area contributed by atoms with Crippen molar-refractivity contribution in [2.75, 3.05) is 18.5 Å². The van der Waals surface area contributed by atoms with Crippen LogP contribution >= 0.6 is 0 Å². The number of hydrogen-bond donors (Lipinski definition) is 4. The van der Waals surface area contributed by atoms with Gasteiger partial charge in [-0.1, -0.05) is 6.08 Å². The van der Waals surface area contributed by atoms with Crippen molar-refractivity contribution in [2.45, 2.75) is 24.5 Å². The van der Waals surface area contributed by atoms with E-state index < -0.39 is 24.5 Å². The fourth-order valence-corrected chi connectivity index (χ4v) is 2.45. The molecule has 22 heavy (non-hydrogen) atoms. The highest BCUT2D eigenvalue weighted by Gasteiger charge is 2.43. The second-order valence-corrected chi connectivity index (χ2v) is 4.94. The smallest absolute Gasteiger partial charge is 0.167 e. The summed E-state index contributed by atoms with van der Waals surface area (Å²) >= 11 is 0. The van der Waals surface area contributed by atoms with Gasteiger partial charge in [0.15, 0.2) is 23.2 Å². The molecule has 4 N–H and O–H groups in total. The van der Waals surface area contributed by atoms with Crippen molar-refractivity contribution in [3.63, 3.8) is 0 Å². The first kappa shape index (κ1) is 14.9. The first-order valence-corrected chi connectivity index (χ1v) is 6.82. The third-order valence-electron chi connectivity index (χ3n) is 3.56. The standard InChI is InChI=1S/C13H17N5O4/c1-2-3-14-11-8-12(16-5-15-11)18(6-17-8)13-10(21)9(20)7(4-19)22-13/h2,5-7,9-10,13,19-21H,1,3-4H2,(H,14,15,16)/t7-,9-,10+,13-/m1/s1. The zero-order valence-corrected chi connectivity index (χ0v) is 11.7. The zero-order chi connectivity index (χ0) is 15.7. The fraction of sp³-hybridized carbons (Fsp3) is 0.462. The maximum atomic E-state index is 10.1. The predicted octanol–water partition coefficient (Wildman–Crippen LogP) is -0.964. The van der Waals surface area contributed by atoms with Crippen LogP contribution in [-0.4, -0.2) is 66.3 Å². The van der Waals surface area contributed by atoms with E-state index in [0.29, 0.717) is 23.5 Å². The van der Waals surface area contributed by atoms with Crippen LogP contribution in [0, 0.1) is 0 Å². The Morgan fingerprint density at radius 1 is 1.32 bits per heavy atom. The molecule has 4 atom stereocenters. The molecule has 3 rings (SSSR count). The summed E-state index contributed by atoms with van der Waals surface area (Å²) in [7, 11) is 0. The summed E-state index contributed by atoms with van der Waals surface area (Å²) in [6.45, 7) is 3.76. The second kappa shape index (κ2) is 5.97. The number of nitrogens with one attached hydrogen (secondary N) is 1. The molecule has 0 bridgehead atoms. The number of imidazole rings is 1. The fourth-order valence-electron chi connectivity index (χ4n) is 2.45. The molecule has 0 aromatic carbocycles. The van der Waals surface area contributed by atoms with E-state index in [1.807, 2.05) is 0 Å². The molecule has 0 amide bonds. The van der Waals surface area contributed by atoms with E-state index >= 15 is 0 Å². The molecule has 0 radical (unpaired) electrons. The summed E-state index contributed by atoms with van der Waals surface area (Å²) < 4.78 is 7.00. The number of aliphatic hydroxyl groups is 3. The van der Waals surface area contributed by atoms with Crippen molar-refractivity contribution in [3.05, 3.63) is 25.3 Å². The van der Waals surface area contributed by atoms with Crippen molar-refractivity contribution in [1.82, 2.24) is 19.5 Å². The highest BCUT2D eigenvalue weighted by Crippen LogP contribution is 2.31. The topological polar surface area (TPSA) is 126 Å². The van der Waals surface area contributed by atoms with Crippen LogP contribution in [0.25, 0.3) is 11.2 Å². The highest BCUT2D eigenvalue weighted by molar-refractivity contribution is 5.82. The minimum absolute atomic E-state index is 0.386. The van der Waals surface area contributed by atoms with Crippen molar-refractivity contribution in [2.24, 2.45) is 0 Å². The summed E-state index contributed by atoms with van der Waals surface area (Å²) in [5.74, 6) is 0.537. The molecular weight excluding hydrogens is 290 g/mol. The third-order valence-corrected chi connectivity index (χ3v) is 3.56. The SMILES string of the molecule is C=CCNc1ncnc2c1ncn2[C@@H]1O[C@H](CO)[C@@H](O)[C@@H]1O. The van der Waals surface area contributed by atoms with Gasteiger partial charge in [0.05, 0.1) is 12.9 Å². The summed E-state index contributed by atoms with van der Waals surface area (Å²) in [5.41, 5.74) is 0.971. The average molecular weight is 307 g/mol. The van der Waals surface area contributed by atoms with Crippen LogP contribution in [0.2, 0.25) is 0 Å². The molecule has 1 aliphatic rings. The lowest BCUT2D eigenvalue weighted by atomic mass is 10.1. The molecule has 0 aliphatic carbocycles. The van der Waals surface area contributed by atoms with E-state index in [-0.39, 0.29) is 6.61 Å². The lowest BCUT2D eigenvalue weighted by molar-refractivity contribution is -0.0511. The van der Waals surface area contributed by atoms with Gasteiger partial charge in [0.25, 0.3) is 0 Å². The second-order valence-electron chi connectivity index (χ2n) is 4.94. The third kappa shape index (κ3) is 2.33. The molecule has 118 valence electrons. The van der Waals surface area contributed by atoms with E-state index in [4.69, 9.17) is 9.84 Å². The van der Waals surface area contributed by atoms with Gasteiger partial charge in [-0.25, -0.2) is 15.0 Å². The number of ether oxygens (including phenoxy) is 1. The molecule has 0 saturated carbocycles. The van der Waals surface area contributed by atoms with Crippen LogP contribution in [0.5, 0.6) is 0 Å². The van der Waals surface area contributed by atoms with Crippen molar-refractivity contribution in [1.29, 1.82) is 0 Å². The Labute approximate surface area is 125 Å². The van der Waals surface area contributed by atoms with Gasteiger partial charge in [0.2, 0.25) is 0 Å². The molecule has 9 nitrogen and oxygen atoms in total. The average Bonchev–Trinajstić information content (AvgIpc) is 3.08. The highest BCUT2D eigenvalue weighted by atomic mass is 16.6. The van der Waals surface area contributed by atoms with Gasteiger partial charge in [-0.3, -0.25) is 4.57 Å². The van der Waals surface area contributed by atoms with Crippen LogP contribution in [0.4, 0.5) is 5.82 Å². The number of hydrogen-bond acceptors (Lipinski definition) is 8. The Kier molecular flexibility index (Phi) is 4.03. The number of aliphatic hydroxyl groups excluding tert-OH is 3. The molecular formula is C13H17N5O4. The van der Waals surface area contributed by atoms with Crippen molar-refractivity contribution < 1.29 is 20.1 Å². The Morgan fingerprint density at radius 2 is 2.14 bits per heavy atom. The van der Waals surface area contributed by atoms with E-state index in [1.165, 1.54) is 17.2 Å². The molecule has 0 spiro atoms. The van der Waals surface area contributed by atoms with E-state index in [1.54, 1.807) is 6.08 Å². The number of rotatable bonds is 5. The molecule has 1 aliphatic heterocycles. The van der Waals surface area contributed by atoms with Gasteiger partial charge in [-0.15, -0.1) is 6.58 Å². The van der Waals surface area contributed by atoms with Gasteiger partial charge in [0, 0.05) is 6.54 Å². The maximum Gasteiger partial charge on any atom is 0.167 e. The Morgan fingerprint density at radius 3 is 2.82 bits per heavy atom. The maximum absolute atomic E-state index is 10.1. The van der Waals surface area contributed by atoms with Gasteiger partial charge in [-0.2, -0.15) is 0 Å². The molecule has 1 fully saturated rings. The first-order chi connectivity index (χ1) is 10.7. The first-order valence-electron chi connectivity index (χ1n) is 6.82. The molecule has 1 saturated heterocycles. The van der Waals surface area contributed by atoms with E-state index in [0.717, 1.165) is 0 Å². The predicted molar refractivity (Wildman–Crippen MR) is 77.0 cm³/mol. The van der Waals surface area contributed by atoms with Gasteiger partial charge < -0.3 is 25.4 Å². The summed E-state index contributed by atoms with van der Waals surface area (Å²) in [4.78, 5) is 12.5. The van der Waals surface area contributed by atoms with Gasteiger partial charge in [-0.05, 0) is 0 Å². The van der Waals surface area contributed by atoms with Gasteiger partial charge >= 0.3 is 0 Å². The summed E-state index contributed by atoms with van der Waals surface area (Å²) in [6, 6.07) is 0. The zero-order valence-electron chi connectivity index (χ0n) is 11.7. The number of fused-ring (bicyclic) bond motifs is 1. The number of anilines is 1. The summed E-state index contributed by atoms with van der Waals surface area (Å²) in [5, 5.41) is 32.1. The minimum Gasteiger partial charge on any atom is -0.394 e. The normalized spacial score (nSPS) is 28.1. The molecule has 2 aromatic heterocycles. The number of aromatic nitrogens is 4. The Bertz CT molecular complexity index is 675. The number of nitrogens with zero attached hydrogens (tertiary/aromatic N) is 4. The molecule has 0 unspecified atom stereocenters. The van der Waals surface area contributed by atoms with Crippen LogP contribution in [0.1, 0.15) is 6.23 Å². The van der Waals surface area contributed by atoms with E-state index in [2.05, 4.69) is 26.8 Å². The molecule has 9 heteroatoms. The van der Waals surface area contributed by atoms with E-state index in [9.17, 15) is 10.2 Å². The lowest BCUT2D eigenvalue weighted by Gasteiger charge is -2.16. The molecule has 3 heterocycles. The molecule has 2 aromatic rings. The minimum atomic E-state index is -1.19. The summed E-state index contributed by atoms with van der Waals surface area (Å²) in [6.07, 6.45) is 0.432.